The molecule has 19 heavy (non-hydrogen) atoms. The molecule has 1 heterocycles. The molecule has 1 saturated heterocycles. The van der Waals surface area contributed by atoms with Crippen LogP contribution in [-0.4, -0.2) is 22.9 Å². The third-order valence-electron chi connectivity index (χ3n) is 3.40. The molecule has 2 rings (SSSR count). The van der Waals surface area contributed by atoms with Crippen LogP contribution in [0.3, 0.4) is 0 Å². The molecule has 1 aromatic rings. The molecule has 0 aliphatic carbocycles. The molecular formula is C15H21NO2S. The van der Waals surface area contributed by atoms with E-state index in [4.69, 9.17) is 5.11 Å². The van der Waals surface area contributed by atoms with Gasteiger partial charge in [-0.2, -0.15) is 0 Å². The number of carboxylic acid groups (broad SMARTS) is 1. The van der Waals surface area contributed by atoms with Crippen LogP contribution in [0.25, 0.3) is 0 Å². The van der Waals surface area contributed by atoms with Crippen LogP contribution in [0.4, 0.5) is 0 Å². The van der Waals surface area contributed by atoms with Gasteiger partial charge in [0.2, 0.25) is 0 Å². The van der Waals surface area contributed by atoms with E-state index in [1.165, 1.54) is 30.4 Å². The molecule has 4 heteroatoms. The van der Waals surface area contributed by atoms with Crippen LogP contribution < -0.4 is 5.32 Å². The Bertz CT molecular complexity index is 436. The lowest BCUT2D eigenvalue weighted by Gasteiger charge is -2.12. The quantitative estimate of drug-likeness (QED) is 0.785. The summed E-state index contributed by atoms with van der Waals surface area (Å²) in [6.45, 7) is 2.21. The number of aryl methyl sites for hydroxylation is 1. The van der Waals surface area contributed by atoms with E-state index < -0.39 is 12.0 Å². The zero-order valence-electron chi connectivity index (χ0n) is 11.3. The maximum Gasteiger partial charge on any atom is 0.321 e. The maximum atomic E-state index is 10.9. The predicted molar refractivity (Wildman–Crippen MR) is 79.4 cm³/mol. The van der Waals surface area contributed by atoms with Gasteiger partial charge in [0.15, 0.2) is 0 Å². The monoisotopic (exact) mass is 279 g/mol. The first-order valence-electron chi connectivity index (χ1n) is 6.90. The highest BCUT2D eigenvalue weighted by Crippen LogP contribution is 2.33. The second kappa shape index (κ2) is 6.96. The molecule has 1 aliphatic heterocycles. The van der Waals surface area contributed by atoms with Gasteiger partial charge in [0, 0.05) is 5.75 Å². The number of benzene rings is 1. The maximum absolute atomic E-state index is 10.9. The summed E-state index contributed by atoms with van der Waals surface area (Å²) >= 11 is 1.68. The van der Waals surface area contributed by atoms with Crippen molar-refractivity contribution in [1.29, 1.82) is 0 Å². The average Bonchev–Trinajstić information content (AvgIpc) is 2.89. The number of nitrogens with one attached hydrogen (secondary N) is 1. The van der Waals surface area contributed by atoms with Gasteiger partial charge in [-0.05, 0) is 24.0 Å². The van der Waals surface area contributed by atoms with E-state index in [9.17, 15) is 4.79 Å². The Kier molecular flexibility index (Phi) is 5.28. The summed E-state index contributed by atoms with van der Waals surface area (Å²) in [6.07, 6.45) is 4.84. The zero-order valence-corrected chi connectivity index (χ0v) is 12.1. The van der Waals surface area contributed by atoms with E-state index >= 15 is 0 Å². The van der Waals surface area contributed by atoms with Crippen molar-refractivity contribution in [2.24, 2.45) is 0 Å². The second-order valence-corrected chi connectivity index (χ2v) is 6.11. The zero-order chi connectivity index (χ0) is 13.7. The third kappa shape index (κ3) is 3.98. The number of thioether (sulfide) groups is 1. The highest BCUT2D eigenvalue weighted by molar-refractivity contribution is 7.99. The van der Waals surface area contributed by atoms with Gasteiger partial charge in [-0.25, -0.2) is 0 Å². The van der Waals surface area contributed by atoms with Crippen LogP contribution in [0.5, 0.6) is 0 Å². The highest BCUT2D eigenvalue weighted by atomic mass is 32.2. The van der Waals surface area contributed by atoms with Crippen LogP contribution in [0.2, 0.25) is 0 Å². The molecule has 0 radical (unpaired) electrons. The smallest absolute Gasteiger partial charge is 0.321 e. The van der Waals surface area contributed by atoms with Crippen molar-refractivity contribution in [3.63, 3.8) is 0 Å². The van der Waals surface area contributed by atoms with Gasteiger partial charge in [-0.3, -0.25) is 10.1 Å². The van der Waals surface area contributed by atoms with Crippen molar-refractivity contribution < 1.29 is 9.90 Å². The van der Waals surface area contributed by atoms with Gasteiger partial charge < -0.3 is 5.11 Å². The summed E-state index contributed by atoms with van der Waals surface area (Å²) in [5.74, 6) is -0.117. The Balaban J connectivity index is 1.97. The first-order chi connectivity index (χ1) is 9.20. The fraction of sp³-hybridized carbons (Fsp3) is 0.533. The van der Waals surface area contributed by atoms with E-state index in [-0.39, 0.29) is 5.37 Å². The number of rotatable bonds is 6. The highest BCUT2D eigenvalue weighted by Gasteiger charge is 2.30. The first-order valence-corrected chi connectivity index (χ1v) is 7.95. The molecule has 0 saturated carbocycles. The number of hydrogen-bond acceptors (Lipinski definition) is 3. The lowest BCUT2D eigenvalue weighted by atomic mass is 10.0. The average molecular weight is 279 g/mol. The fourth-order valence-electron chi connectivity index (χ4n) is 2.30. The molecule has 104 valence electrons. The van der Waals surface area contributed by atoms with Gasteiger partial charge in [-0.15, -0.1) is 11.8 Å². The van der Waals surface area contributed by atoms with Gasteiger partial charge in [0.25, 0.3) is 0 Å². The molecule has 1 aromatic carbocycles. The number of unbranched alkanes of at least 4 members (excludes halogenated alkanes) is 2. The molecule has 0 spiro atoms. The van der Waals surface area contributed by atoms with Gasteiger partial charge in [0.1, 0.15) is 6.04 Å². The molecule has 0 bridgehead atoms. The SMILES string of the molecule is CCCCCc1cccc(C2N[C@H](C(=O)O)CS2)c1. The second-order valence-electron chi connectivity index (χ2n) is 4.97. The minimum atomic E-state index is -0.755. The van der Waals surface area contributed by atoms with Crippen LogP contribution in [0.1, 0.15) is 42.7 Å². The van der Waals surface area contributed by atoms with Gasteiger partial charge in [-0.1, -0.05) is 44.0 Å². The Morgan fingerprint density at radius 3 is 3.00 bits per heavy atom. The molecule has 0 aromatic heterocycles. The minimum Gasteiger partial charge on any atom is -0.480 e. The molecular weight excluding hydrogens is 258 g/mol. The van der Waals surface area contributed by atoms with Crippen LogP contribution in [0, 0.1) is 0 Å². The normalized spacial score (nSPS) is 22.6. The summed E-state index contributed by atoms with van der Waals surface area (Å²) in [5.41, 5.74) is 2.55. The number of aliphatic carboxylic acids is 1. The Hall–Kier alpha value is -1.00. The van der Waals surface area contributed by atoms with Crippen molar-refractivity contribution in [3.05, 3.63) is 35.4 Å². The Labute approximate surface area is 118 Å². The summed E-state index contributed by atoms with van der Waals surface area (Å²) in [7, 11) is 0. The Morgan fingerprint density at radius 2 is 2.32 bits per heavy atom. The predicted octanol–water partition coefficient (Wildman–Crippen LogP) is 3.21. The Morgan fingerprint density at radius 1 is 1.47 bits per heavy atom. The number of hydrogen-bond donors (Lipinski definition) is 2. The van der Waals surface area contributed by atoms with Crippen molar-refractivity contribution in [3.8, 4) is 0 Å². The summed E-state index contributed by atoms with van der Waals surface area (Å²) in [4.78, 5) is 10.9. The van der Waals surface area contributed by atoms with Crippen LogP contribution >= 0.6 is 11.8 Å². The summed E-state index contributed by atoms with van der Waals surface area (Å²) in [6, 6.07) is 8.11. The molecule has 2 atom stereocenters. The molecule has 0 amide bonds. The standard InChI is InChI=1S/C15H21NO2S/c1-2-3-4-6-11-7-5-8-12(9-11)14-16-13(10-19-14)15(17)18/h5,7-9,13-14,16H,2-4,6,10H2,1H3,(H,17,18)/t13-,14?/m0/s1. The van der Waals surface area contributed by atoms with E-state index in [2.05, 4.69) is 36.5 Å². The van der Waals surface area contributed by atoms with Crippen molar-refractivity contribution in [2.45, 2.75) is 44.0 Å². The number of carboxylic acids is 1. The fourth-order valence-corrected chi connectivity index (χ4v) is 3.52. The lowest BCUT2D eigenvalue weighted by Crippen LogP contribution is -2.33. The lowest BCUT2D eigenvalue weighted by molar-refractivity contribution is -0.138. The van der Waals surface area contributed by atoms with Gasteiger partial charge >= 0.3 is 5.97 Å². The van der Waals surface area contributed by atoms with Crippen LogP contribution in [0.15, 0.2) is 24.3 Å². The molecule has 1 aliphatic rings. The topological polar surface area (TPSA) is 49.3 Å². The largest absolute Gasteiger partial charge is 0.480 e. The molecule has 1 fully saturated rings. The summed E-state index contributed by atoms with van der Waals surface area (Å²) in [5, 5.41) is 12.3. The first kappa shape index (κ1) is 14.4. The van der Waals surface area contributed by atoms with Crippen LogP contribution in [-0.2, 0) is 11.2 Å². The molecule has 1 unspecified atom stereocenters. The van der Waals surface area contributed by atoms with E-state index in [0.29, 0.717) is 5.75 Å². The summed E-state index contributed by atoms with van der Waals surface area (Å²) < 4.78 is 0. The van der Waals surface area contributed by atoms with E-state index in [1.54, 1.807) is 11.8 Å². The van der Waals surface area contributed by atoms with Gasteiger partial charge in [0.05, 0.1) is 5.37 Å². The minimum absolute atomic E-state index is 0.118. The molecule has 3 nitrogen and oxygen atoms in total. The van der Waals surface area contributed by atoms with Crippen molar-refractivity contribution in [1.82, 2.24) is 5.32 Å². The van der Waals surface area contributed by atoms with Crippen molar-refractivity contribution in [2.75, 3.05) is 5.75 Å². The number of carbonyl (C=O) groups is 1. The third-order valence-corrected chi connectivity index (χ3v) is 4.67. The van der Waals surface area contributed by atoms with Crippen molar-refractivity contribution >= 4 is 17.7 Å². The van der Waals surface area contributed by atoms with E-state index in [1.807, 2.05) is 0 Å². The molecule has 2 N–H and O–H groups in total. The van der Waals surface area contributed by atoms with E-state index in [0.717, 1.165) is 6.42 Å².